The average Bonchev–Trinajstić information content (AvgIpc) is 2.70. The first-order valence-electron chi connectivity index (χ1n) is 10.0. The summed E-state index contributed by atoms with van der Waals surface area (Å²) in [5, 5.41) is 0. The van der Waals surface area contributed by atoms with Gasteiger partial charge in [-0.25, -0.2) is 0 Å². The van der Waals surface area contributed by atoms with Gasteiger partial charge in [-0.2, -0.15) is 9.97 Å². The third-order valence-electron chi connectivity index (χ3n) is 5.69. The molecule has 1 aromatic rings. The van der Waals surface area contributed by atoms with Gasteiger partial charge in [0, 0.05) is 45.3 Å². The number of nitrogens with zero attached hydrogens (tertiary/aromatic N) is 5. The van der Waals surface area contributed by atoms with E-state index in [2.05, 4.69) is 20.8 Å². The Balaban J connectivity index is 1.63. The molecule has 3 saturated heterocycles. The van der Waals surface area contributed by atoms with Crippen LogP contribution in [-0.2, 0) is 0 Å². The molecule has 1 aromatic heterocycles. The van der Waals surface area contributed by atoms with Crippen LogP contribution in [0.3, 0.4) is 0 Å². The van der Waals surface area contributed by atoms with Gasteiger partial charge in [0.15, 0.2) is 0 Å². The van der Waals surface area contributed by atoms with Crippen LogP contribution in [0.5, 0.6) is 0 Å². The van der Waals surface area contributed by atoms with E-state index in [-0.39, 0.29) is 0 Å². The smallest absolute Gasteiger partial charge is 0.229 e. The van der Waals surface area contributed by atoms with E-state index in [9.17, 15) is 0 Å². The lowest BCUT2D eigenvalue weighted by Crippen LogP contribution is -2.35. The third kappa shape index (κ3) is 3.60. The van der Waals surface area contributed by atoms with Crippen molar-refractivity contribution >= 4 is 17.6 Å². The number of rotatable bonds is 3. The molecule has 0 atom stereocenters. The summed E-state index contributed by atoms with van der Waals surface area (Å²) in [7, 11) is 0. The predicted molar refractivity (Wildman–Crippen MR) is 100 cm³/mol. The molecule has 0 aliphatic carbocycles. The van der Waals surface area contributed by atoms with Gasteiger partial charge in [-0.05, 0) is 57.8 Å². The summed E-state index contributed by atoms with van der Waals surface area (Å²) >= 11 is 0. The minimum atomic E-state index is 0.971. The van der Waals surface area contributed by atoms with Crippen LogP contribution in [0, 0.1) is 0 Å². The SMILES string of the molecule is c1c(N2CCCCC2)nc(N2CCCCC2)nc1N1CCCCC1. The van der Waals surface area contributed by atoms with E-state index in [4.69, 9.17) is 9.97 Å². The lowest BCUT2D eigenvalue weighted by atomic mass is 10.1. The fraction of sp³-hybridized carbons (Fsp3) is 0.789. The summed E-state index contributed by atoms with van der Waals surface area (Å²) in [6.45, 7) is 6.82. The summed E-state index contributed by atoms with van der Waals surface area (Å²) in [5.41, 5.74) is 0. The van der Waals surface area contributed by atoms with Crippen LogP contribution in [0.1, 0.15) is 57.8 Å². The average molecular weight is 329 g/mol. The van der Waals surface area contributed by atoms with Crippen molar-refractivity contribution in [3.8, 4) is 0 Å². The Morgan fingerprint density at radius 3 is 1.29 bits per heavy atom. The summed E-state index contributed by atoms with van der Waals surface area (Å²) in [6, 6.07) is 2.25. The maximum atomic E-state index is 4.99. The van der Waals surface area contributed by atoms with Crippen LogP contribution >= 0.6 is 0 Å². The Labute approximate surface area is 146 Å². The lowest BCUT2D eigenvalue weighted by molar-refractivity contribution is 0.554. The first kappa shape index (κ1) is 16.0. The lowest BCUT2D eigenvalue weighted by Gasteiger charge is -2.33. The van der Waals surface area contributed by atoms with Crippen LogP contribution in [0.2, 0.25) is 0 Å². The van der Waals surface area contributed by atoms with Crippen LogP contribution in [-0.4, -0.2) is 49.2 Å². The molecule has 4 heterocycles. The largest absolute Gasteiger partial charge is 0.356 e. The van der Waals surface area contributed by atoms with Crippen molar-refractivity contribution in [3.05, 3.63) is 6.07 Å². The summed E-state index contributed by atoms with van der Waals surface area (Å²) < 4.78 is 0. The molecule has 5 nitrogen and oxygen atoms in total. The zero-order chi connectivity index (χ0) is 16.2. The first-order chi connectivity index (χ1) is 11.9. The van der Waals surface area contributed by atoms with E-state index in [0.717, 1.165) is 56.9 Å². The minimum absolute atomic E-state index is 0.971. The summed E-state index contributed by atoms with van der Waals surface area (Å²) in [4.78, 5) is 17.3. The molecule has 0 radical (unpaired) electrons. The van der Waals surface area contributed by atoms with Gasteiger partial charge < -0.3 is 14.7 Å². The molecule has 4 rings (SSSR count). The predicted octanol–water partition coefficient (Wildman–Crippen LogP) is 3.45. The van der Waals surface area contributed by atoms with Crippen LogP contribution < -0.4 is 14.7 Å². The molecule has 24 heavy (non-hydrogen) atoms. The normalized spacial score (nSPS) is 22.8. The third-order valence-corrected chi connectivity index (χ3v) is 5.69. The van der Waals surface area contributed by atoms with Gasteiger partial charge in [0.25, 0.3) is 0 Å². The zero-order valence-corrected chi connectivity index (χ0v) is 14.9. The molecule has 0 N–H and O–H groups in total. The van der Waals surface area contributed by atoms with E-state index in [1.54, 1.807) is 0 Å². The molecular formula is C19H31N5. The number of aromatic nitrogens is 2. The van der Waals surface area contributed by atoms with Crippen molar-refractivity contribution < 1.29 is 0 Å². The maximum Gasteiger partial charge on any atom is 0.229 e. The van der Waals surface area contributed by atoms with Gasteiger partial charge in [-0.3, -0.25) is 0 Å². The van der Waals surface area contributed by atoms with Crippen molar-refractivity contribution in [1.82, 2.24) is 9.97 Å². The van der Waals surface area contributed by atoms with E-state index in [1.807, 2.05) is 0 Å². The molecule has 0 bridgehead atoms. The van der Waals surface area contributed by atoms with Crippen molar-refractivity contribution in [2.75, 3.05) is 54.0 Å². The van der Waals surface area contributed by atoms with Gasteiger partial charge in [0.2, 0.25) is 5.95 Å². The molecule has 0 unspecified atom stereocenters. The quantitative estimate of drug-likeness (QED) is 0.849. The number of hydrogen-bond acceptors (Lipinski definition) is 5. The van der Waals surface area contributed by atoms with E-state index < -0.39 is 0 Å². The van der Waals surface area contributed by atoms with Crippen LogP contribution in [0.15, 0.2) is 6.07 Å². The standard InChI is InChI=1S/C19H31N5/c1-4-10-22(11-5-1)17-16-18(23-12-6-2-7-13-23)21-19(20-17)24-14-8-3-9-15-24/h16H,1-15H2. The van der Waals surface area contributed by atoms with Crippen molar-refractivity contribution in [2.24, 2.45) is 0 Å². The number of anilines is 3. The van der Waals surface area contributed by atoms with E-state index in [1.165, 1.54) is 57.8 Å². The second-order valence-electron chi connectivity index (χ2n) is 7.53. The van der Waals surface area contributed by atoms with Gasteiger partial charge in [0.1, 0.15) is 11.6 Å². The number of hydrogen-bond donors (Lipinski definition) is 0. The Bertz CT molecular complexity index is 440. The van der Waals surface area contributed by atoms with Crippen molar-refractivity contribution in [2.45, 2.75) is 57.8 Å². The number of piperidine rings is 3. The molecule has 5 heteroatoms. The molecule has 0 spiro atoms. The van der Waals surface area contributed by atoms with Gasteiger partial charge in [-0.1, -0.05) is 0 Å². The fourth-order valence-electron chi connectivity index (χ4n) is 4.22. The first-order valence-corrected chi connectivity index (χ1v) is 10.0. The Morgan fingerprint density at radius 1 is 0.500 bits per heavy atom. The maximum absolute atomic E-state index is 4.99. The van der Waals surface area contributed by atoms with Crippen LogP contribution in [0.4, 0.5) is 17.6 Å². The highest BCUT2D eigenvalue weighted by Crippen LogP contribution is 2.28. The van der Waals surface area contributed by atoms with Crippen molar-refractivity contribution in [1.29, 1.82) is 0 Å². The molecule has 0 aromatic carbocycles. The highest BCUT2D eigenvalue weighted by molar-refractivity contribution is 5.56. The molecule has 3 aliphatic rings. The van der Waals surface area contributed by atoms with E-state index >= 15 is 0 Å². The molecule has 132 valence electrons. The summed E-state index contributed by atoms with van der Waals surface area (Å²) in [6.07, 6.45) is 11.8. The second-order valence-corrected chi connectivity index (χ2v) is 7.53. The molecule has 3 aliphatic heterocycles. The fourth-order valence-corrected chi connectivity index (χ4v) is 4.22. The van der Waals surface area contributed by atoms with Gasteiger partial charge in [-0.15, -0.1) is 0 Å². The Kier molecular flexibility index (Phi) is 5.04. The second kappa shape index (κ2) is 7.58. The summed E-state index contributed by atoms with van der Waals surface area (Å²) in [5.74, 6) is 3.29. The highest BCUT2D eigenvalue weighted by atomic mass is 15.3. The molecule has 0 saturated carbocycles. The van der Waals surface area contributed by atoms with Gasteiger partial charge >= 0.3 is 0 Å². The molecule has 0 amide bonds. The zero-order valence-electron chi connectivity index (χ0n) is 14.9. The monoisotopic (exact) mass is 329 g/mol. The Morgan fingerprint density at radius 2 is 0.875 bits per heavy atom. The van der Waals surface area contributed by atoms with Crippen molar-refractivity contribution in [3.63, 3.8) is 0 Å². The van der Waals surface area contributed by atoms with Gasteiger partial charge in [0.05, 0.1) is 0 Å². The van der Waals surface area contributed by atoms with E-state index in [0.29, 0.717) is 0 Å². The Hall–Kier alpha value is -1.52. The minimum Gasteiger partial charge on any atom is -0.356 e. The van der Waals surface area contributed by atoms with Crippen LogP contribution in [0.25, 0.3) is 0 Å². The molecule has 3 fully saturated rings. The topological polar surface area (TPSA) is 35.5 Å². The highest BCUT2D eigenvalue weighted by Gasteiger charge is 2.21. The molecular weight excluding hydrogens is 298 g/mol.